The van der Waals surface area contributed by atoms with Crippen molar-refractivity contribution in [2.24, 2.45) is 28.9 Å². The van der Waals surface area contributed by atoms with E-state index in [9.17, 15) is 19.2 Å². The smallest absolute Gasteiger partial charge is 0.231 e. The highest BCUT2D eigenvalue weighted by atomic mass is 32.1. The number of amides is 4. The molecule has 2 atom stereocenters. The van der Waals surface area contributed by atoms with Gasteiger partial charge in [0.25, 0.3) is 0 Å². The lowest BCUT2D eigenvalue weighted by Crippen LogP contribution is -2.54. The number of thiol groups is 1. The first kappa shape index (κ1) is 40.5. The summed E-state index contributed by atoms with van der Waals surface area (Å²) < 4.78 is 0. The summed E-state index contributed by atoms with van der Waals surface area (Å²) in [5.74, 6) is -1.22. The van der Waals surface area contributed by atoms with Crippen LogP contribution >= 0.6 is 12.6 Å². The molecule has 1 aromatic carbocycles. The van der Waals surface area contributed by atoms with Crippen LogP contribution in [0.5, 0.6) is 0 Å². The molecular formula is C34H60N10O4S. The topological polar surface area (TPSA) is 209 Å². The third-order valence-electron chi connectivity index (χ3n) is 9.45. The van der Waals surface area contributed by atoms with E-state index in [1.54, 1.807) is 0 Å². The Morgan fingerprint density at radius 1 is 0.673 bits per heavy atom. The molecule has 1 saturated heterocycles. The summed E-state index contributed by atoms with van der Waals surface area (Å²) in [6.45, 7) is 4.10. The Morgan fingerprint density at radius 3 is 1.67 bits per heavy atom. The number of nitrogens with one attached hydrogen (secondary N) is 2. The number of anilines is 1. The standard InChI is InChI=1S/C34H60N10O4S/c35-30(45)22-41-13-14-42(23-31(36)46)17-18-44(25-33(38)48)29(21-43(16-15-41)24-32(37)47)19-26-9-11-28(12-10-26)40-34(49)39-20-27-7-5-3-1-2-4-6-8-27/h9-12,27,29,34,39-40,49H,1-8,13-25H2,(H2,35,45)(H2,36,46)(H2,37,47)(H2,38,48). The molecule has 2 fully saturated rings. The number of nitrogens with zero attached hydrogens (tertiary/aromatic N) is 4. The Balaban J connectivity index is 1.74. The van der Waals surface area contributed by atoms with Gasteiger partial charge in [-0.3, -0.25) is 44.1 Å². The van der Waals surface area contributed by atoms with Crippen molar-refractivity contribution in [2.75, 3.05) is 83.9 Å². The fraction of sp³-hybridized carbons (Fsp3) is 0.706. The van der Waals surface area contributed by atoms with Crippen molar-refractivity contribution < 1.29 is 19.2 Å². The number of rotatable bonds is 15. The van der Waals surface area contributed by atoms with Crippen molar-refractivity contribution in [1.29, 1.82) is 0 Å². The second-order valence-electron chi connectivity index (χ2n) is 13.7. The van der Waals surface area contributed by atoms with E-state index in [1.165, 1.54) is 51.4 Å². The fourth-order valence-corrected chi connectivity index (χ4v) is 7.14. The molecule has 2 aliphatic rings. The number of carbonyl (C=O) groups excluding carboxylic acids is 4. The quantitative estimate of drug-likeness (QED) is 0.0939. The highest BCUT2D eigenvalue weighted by Gasteiger charge is 2.27. The monoisotopic (exact) mass is 704 g/mol. The Labute approximate surface area is 297 Å². The van der Waals surface area contributed by atoms with Gasteiger partial charge in [-0.1, -0.05) is 50.7 Å². The normalized spacial score (nSPS) is 21.3. The lowest BCUT2D eigenvalue weighted by Gasteiger charge is -2.38. The van der Waals surface area contributed by atoms with Gasteiger partial charge in [-0.05, 0) is 42.9 Å². The Hall–Kier alpha value is -2.95. The van der Waals surface area contributed by atoms with Gasteiger partial charge in [0.2, 0.25) is 23.6 Å². The second-order valence-corrected chi connectivity index (χ2v) is 14.2. The van der Waals surface area contributed by atoms with Crippen LogP contribution in [0.2, 0.25) is 0 Å². The number of carbonyl (C=O) groups is 4. The molecule has 0 radical (unpaired) electrons. The van der Waals surface area contributed by atoms with Gasteiger partial charge < -0.3 is 28.3 Å². The van der Waals surface area contributed by atoms with E-state index in [-0.39, 0.29) is 37.7 Å². The van der Waals surface area contributed by atoms with Crippen molar-refractivity contribution in [3.63, 3.8) is 0 Å². The van der Waals surface area contributed by atoms with E-state index in [2.05, 4.69) is 10.6 Å². The first-order chi connectivity index (χ1) is 23.5. The summed E-state index contributed by atoms with van der Waals surface area (Å²) in [5.41, 5.74) is 24.2. The summed E-state index contributed by atoms with van der Waals surface area (Å²) in [6, 6.07) is 7.91. The predicted molar refractivity (Wildman–Crippen MR) is 196 cm³/mol. The zero-order valence-corrected chi connectivity index (χ0v) is 30.0. The summed E-state index contributed by atoms with van der Waals surface area (Å²) in [4.78, 5) is 55.9. The van der Waals surface area contributed by atoms with E-state index in [0.717, 1.165) is 17.8 Å². The van der Waals surface area contributed by atoms with Crippen LogP contribution in [0, 0.1) is 5.92 Å². The van der Waals surface area contributed by atoms with Gasteiger partial charge in [0.05, 0.1) is 26.2 Å². The Kier molecular flexibility index (Phi) is 18.2. The van der Waals surface area contributed by atoms with Gasteiger partial charge in [0.1, 0.15) is 5.50 Å². The molecule has 1 saturated carbocycles. The van der Waals surface area contributed by atoms with E-state index in [0.29, 0.717) is 58.2 Å². The van der Waals surface area contributed by atoms with Gasteiger partial charge in [-0.25, -0.2) is 0 Å². The second kappa shape index (κ2) is 22.0. The Morgan fingerprint density at radius 2 is 1.14 bits per heavy atom. The SMILES string of the molecule is NC(=O)CN1CCN(CC(N)=O)CCN(CC(N)=O)C(Cc2ccc(NC(S)NCC3CCCCCCCC3)cc2)CN(CC(N)=O)CC1. The van der Waals surface area contributed by atoms with E-state index in [1.807, 2.05) is 43.9 Å². The summed E-state index contributed by atoms with van der Waals surface area (Å²) in [6.07, 6.45) is 11.1. The molecule has 1 aliphatic heterocycles. The van der Waals surface area contributed by atoms with E-state index in [4.69, 9.17) is 35.6 Å². The zero-order valence-electron chi connectivity index (χ0n) is 29.1. The van der Waals surface area contributed by atoms with Crippen LogP contribution < -0.4 is 33.6 Å². The van der Waals surface area contributed by atoms with Crippen molar-refractivity contribution >= 4 is 41.9 Å². The van der Waals surface area contributed by atoms with Crippen LogP contribution in [0.25, 0.3) is 0 Å². The summed E-state index contributed by atoms with van der Waals surface area (Å²) in [5, 5.41) is 7.00. The first-order valence-electron chi connectivity index (χ1n) is 17.8. The fourth-order valence-electron chi connectivity index (χ4n) is 6.89. The number of hydrogen-bond acceptors (Lipinski definition) is 11. The molecule has 14 nitrogen and oxygen atoms in total. The van der Waals surface area contributed by atoms with Gasteiger partial charge in [0, 0.05) is 64.1 Å². The van der Waals surface area contributed by atoms with Crippen LogP contribution in [0.1, 0.15) is 56.9 Å². The molecule has 2 unspecified atom stereocenters. The first-order valence-corrected chi connectivity index (χ1v) is 18.3. The molecule has 0 spiro atoms. The third-order valence-corrected chi connectivity index (χ3v) is 9.77. The molecular weight excluding hydrogens is 645 g/mol. The van der Waals surface area contributed by atoms with Crippen molar-refractivity contribution in [2.45, 2.75) is 69.3 Å². The molecule has 4 amide bonds. The van der Waals surface area contributed by atoms with Crippen LogP contribution in [-0.2, 0) is 25.6 Å². The molecule has 10 N–H and O–H groups in total. The maximum atomic E-state index is 12.3. The molecule has 276 valence electrons. The van der Waals surface area contributed by atoms with Crippen LogP contribution in [0.3, 0.4) is 0 Å². The van der Waals surface area contributed by atoms with Crippen molar-refractivity contribution in [3.05, 3.63) is 29.8 Å². The van der Waals surface area contributed by atoms with Crippen molar-refractivity contribution in [3.8, 4) is 0 Å². The van der Waals surface area contributed by atoms with Crippen LogP contribution in [0.15, 0.2) is 24.3 Å². The van der Waals surface area contributed by atoms with Crippen LogP contribution in [0.4, 0.5) is 5.69 Å². The average Bonchev–Trinajstić information content (AvgIpc) is 3.16. The van der Waals surface area contributed by atoms with Gasteiger partial charge in [0.15, 0.2) is 0 Å². The number of nitrogens with two attached hydrogens (primary N) is 4. The minimum atomic E-state index is -0.477. The van der Waals surface area contributed by atoms with E-state index >= 15 is 0 Å². The van der Waals surface area contributed by atoms with Gasteiger partial charge in [-0.2, -0.15) is 0 Å². The zero-order chi connectivity index (χ0) is 35.6. The van der Waals surface area contributed by atoms with Gasteiger partial charge >= 0.3 is 0 Å². The molecule has 1 aromatic rings. The lowest BCUT2D eigenvalue weighted by molar-refractivity contribution is -0.122. The molecule has 49 heavy (non-hydrogen) atoms. The molecule has 0 bridgehead atoms. The predicted octanol–water partition coefficient (Wildman–Crippen LogP) is -0.274. The minimum Gasteiger partial charge on any atom is -0.369 e. The van der Waals surface area contributed by atoms with Crippen LogP contribution in [-0.4, -0.2) is 133 Å². The summed E-state index contributed by atoms with van der Waals surface area (Å²) >= 11 is 4.75. The van der Waals surface area contributed by atoms with Gasteiger partial charge in [-0.15, -0.1) is 12.6 Å². The highest BCUT2D eigenvalue weighted by Crippen LogP contribution is 2.22. The minimum absolute atomic E-state index is 0.000918. The molecule has 1 heterocycles. The largest absolute Gasteiger partial charge is 0.369 e. The summed E-state index contributed by atoms with van der Waals surface area (Å²) in [7, 11) is 0. The maximum absolute atomic E-state index is 12.3. The Bertz CT molecular complexity index is 1170. The number of hydrogen-bond donors (Lipinski definition) is 7. The lowest BCUT2D eigenvalue weighted by atomic mass is 9.97. The van der Waals surface area contributed by atoms with E-state index < -0.39 is 23.6 Å². The van der Waals surface area contributed by atoms with Crippen molar-refractivity contribution in [1.82, 2.24) is 24.9 Å². The molecule has 15 heteroatoms. The number of benzene rings is 1. The molecule has 0 aromatic heterocycles. The average molecular weight is 705 g/mol. The molecule has 3 rings (SSSR count). The number of primary amides is 4. The molecule has 1 aliphatic carbocycles. The highest BCUT2D eigenvalue weighted by molar-refractivity contribution is 7.81. The third kappa shape index (κ3) is 17.0. The maximum Gasteiger partial charge on any atom is 0.231 e.